The van der Waals surface area contributed by atoms with Crippen LogP contribution in [0.2, 0.25) is 5.02 Å². The second kappa shape index (κ2) is 9.14. The fourth-order valence-electron chi connectivity index (χ4n) is 2.98. The summed E-state index contributed by atoms with van der Waals surface area (Å²) in [5.41, 5.74) is 1.01. The summed E-state index contributed by atoms with van der Waals surface area (Å²) in [4.78, 5) is 12.4. The van der Waals surface area contributed by atoms with Gasteiger partial charge < -0.3 is 14.6 Å². The van der Waals surface area contributed by atoms with Gasteiger partial charge in [0, 0.05) is 30.7 Å². The molecule has 0 spiro atoms. The Labute approximate surface area is 162 Å². The minimum Gasteiger partial charge on any atom is -0.491 e. The lowest BCUT2D eigenvalue weighted by Gasteiger charge is -2.34. The maximum absolute atomic E-state index is 10.8. The highest BCUT2D eigenvalue weighted by Crippen LogP contribution is 2.24. The van der Waals surface area contributed by atoms with Gasteiger partial charge in [-0.25, -0.2) is 0 Å². The van der Waals surface area contributed by atoms with Crippen LogP contribution in [-0.4, -0.2) is 53.9 Å². The van der Waals surface area contributed by atoms with Crippen molar-refractivity contribution < 1.29 is 19.5 Å². The van der Waals surface area contributed by atoms with Gasteiger partial charge in [-0.3, -0.25) is 15.0 Å². The number of aliphatic hydroxyl groups excluding tert-OH is 1. The number of hydrogen-bond acceptors (Lipinski definition) is 6. The smallest absolute Gasteiger partial charge is 0.273 e. The number of hydrogen-bond donors (Lipinski definition) is 1. The topological polar surface area (TPSA) is 85.1 Å². The minimum absolute atomic E-state index is 0.0408. The van der Waals surface area contributed by atoms with Crippen molar-refractivity contribution in [2.45, 2.75) is 12.2 Å². The van der Waals surface area contributed by atoms with E-state index in [4.69, 9.17) is 21.1 Å². The second-order valence-electron chi connectivity index (χ2n) is 6.39. The number of morpholine rings is 1. The molecular formula is C19H21ClN2O5. The number of nitro benzene ring substituents is 1. The molecule has 3 rings (SSSR count). The van der Waals surface area contributed by atoms with Crippen LogP contribution in [0.5, 0.6) is 5.75 Å². The Morgan fingerprint density at radius 3 is 2.85 bits per heavy atom. The number of ether oxygens (including phenoxy) is 2. The monoisotopic (exact) mass is 392 g/mol. The molecule has 0 aromatic heterocycles. The summed E-state index contributed by atoms with van der Waals surface area (Å²) in [7, 11) is 0. The number of rotatable bonds is 7. The molecule has 27 heavy (non-hydrogen) atoms. The Morgan fingerprint density at radius 1 is 1.33 bits per heavy atom. The van der Waals surface area contributed by atoms with Crippen LogP contribution < -0.4 is 4.74 Å². The third-order valence-corrected chi connectivity index (χ3v) is 4.58. The van der Waals surface area contributed by atoms with Crippen molar-refractivity contribution in [3.8, 4) is 5.75 Å². The molecule has 0 saturated carbocycles. The molecule has 1 aliphatic heterocycles. The molecule has 0 unspecified atom stereocenters. The van der Waals surface area contributed by atoms with Crippen molar-refractivity contribution in [2.24, 2.45) is 0 Å². The molecule has 0 amide bonds. The first kappa shape index (κ1) is 19.6. The molecule has 8 heteroatoms. The summed E-state index contributed by atoms with van der Waals surface area (Å²) in [5.74, 6) is 0.365. The van der Waals surface area contributed by atoms with Crippen LogP contribution in [0, 0.1) is 10.1 Å². The van der Waals surface area contributed by atoms with E-state index in [1.807, 2.05) is 24.3 Å². The van der Waals surface area contributed by atoms with Gasteiger partial charge in [-0.2, -0.15) is 0 Å². The lowest BCUT2D eigenvalue weighted by Crippen LogP contribution is -2.43. The van der Waals surface area contributed by atoms with E-state index in [0.29, 0.717) is 30.5 Å². The fourth-order valence-corrected chi connectivity index (χ4v) is 3.10. The highest BCUT2D eigenvalue weighted by atomic mass is 35.5. The van der Waals surface area contributed by atoms with Gasteiger partial charge in [0.05, 0.1) is 23.7 Å². The Bertz CT molecular complexity index is 771. The van der Waals surface area contributed by atoms with E-state index in [9.17, 15) is 15.2 Å². The fraction of sp³-hybridized carbons (Fsp3) is 0.368. The third-order valence-electron chi connectivity index (χ3n) is 4.33. The zero-order chi connectivity index (χ0) is 19.2. The van der Waals surface area contributed by atoms with Gasteiger partial charge in [-0.05, 0) is 23.8 Å². The second-order valence-corrected chi connectivity index (χ2v) is 6.83. The molecule has 0 bridgehead atoms. The summed E-state index contributed by atoms with van der Waals surface area (Å²) in [5, 5.41) is 21.8. The molecule has 2 aromatic rings. The maximum Gasteiger partial charge on any atom is 0.273 e. The number of halogens is 1. The van der Waals surface area contributed by atoms with Crippen LogP contribution in [0.15, 0.2) is 48.5 Å². The molecule has 1 aliphatic rings. The van der Waals surface area contributed by atoms with Crippen LogP contribution in [0.25, 0.3) is 0 Å². The van der Waals surface area contributed by atoms with Crippen LogP contribution in [0.1, 0.15) is 11.7 Å². The Hall–Kier alpha value is -2.19. The number of non-ortho nitro benzene ring substituents is 1. The van der Waals surface area contributed by atoms with E-state index in [1.54, 1.807) is 12.1 Å². The molecule has 0 aliphatic carbocycles. The normalized spacial score (nSPS) is 18.8. The van der Waals surface area contributed by atoms with Crippen LogP contribution in [0.3, 0.4) is 0 Å². The molecule has 1 N–H and O–H groups in total. The van der Waals surface area contributed by atoms with Gasteiger partial charge in [0.25, 0.3) is 5.69 Å². The molecule has 144 valence electrons. The molecule has 2 atom stereocenters. The van der Waals surface area contributed by atoms with Crippen LogP contribution in [0.4, 0.5) is 5.69 Å². The number of benzene rings is 2. The highest BCUT2D eigenvalue weighted by molar-refractivity contribution is 6.30. The maximum atomic E-state index is 10.8. The molecular weight excluding hydrogens is 372 g/mol. The van der Waals surface area contributed by atoms with Crippen molar-refractivity contribution >= 4 is 17.3 Å². The van der Waals surface area contributed by atoms with Gasteiger partial charge >= 0.3 is 0 Å². The SMILES string of the molecule is O=[N+]([O-])c1cccc(OC[C@H](O)CN2CCO[C@@H](c3ccc(Cl)cc3)C2)c1. The van der Waals surface area contributed by atoms with Crippen molar-refractivity contribution in [2.75, 3.05) is 32.8 Å². The van der Waals surface area contributed by atoms with Gasteiger partial charge in [0.1, 0.15) is 18.5 Å². The summed E-state index contributed by atoms with van der Waals surface area (Å²) in [6.07, 6.45) is -0.783. The average molecular weight is 393 g/mol. The first-order chi connectivity index (χ1) is 13.0. The highest BCUT2D eigenvalue weighted by Gasteiger charge is 2.23. The molecule has 1 saturated heterocycles. The van der Waals surface area contributed by atoms with Crippen molar-refractivity contribution in [3.05, 3.63) is 69.2 Å². The number of nitro groups is 1. The number of β-amino-alcohol motifs (C(OH)–C–C–N with tert-alkyl or cyclic N) is 1. The lowest BCUT2D eigenvalue weighted by atomic mass is 10.1. The average Bonchev–Trinajstić information content (AvgIpc) is 2.67. The third kappa shape index (κ3) is 5.64. The summed E-state index contributed by atoms with van der Waals surface area (Å²) < 4.78 is 11.3. The quantitative estimate of drug-likeness (QED) is 0.575. The van der Waals surface area contributed by atoms with Gasteiger partial charge in [-0.15, -0.1) is 0 Å². The van der Waals surface area contributed by atoms with Gasteiger partial charge in [0.2, 0.25) is 0 Å². The first-order valence-corrected chi connectivity index (χ1v) is 9.04. The molecule has 2 aromatic carbocycles. The van der Waals surface area contributed by atoms with E-state index in [1.165, 1.54) is 12.1 Å². The van der Waals surface area contributed by atoms with E-state index in [-0.39, 0.29) is 18.4 Å². The summed E-state index contributed by atoms with van der Waals surface area (Å²) in [6.45, 7) is 2.45. The van der Waals surface area contributed by atoms with Crippen molar-refractivity contribution in [1.82, 2.24) is 4.90 Å². The number of nitrogens with zero attached hydrogens (tertiary/aromatic N) is 2. The lowest BCUT2D eigenvalue weighted by molar-refractivity contribution is -0.384. The van der Waals surface area contributed by atoms with Gasteiger partial charge in [-0.1, -0.05) is 29.8 Å². The largest absolute Gasteiger partial charge is 0.491 e. The molecule has 7 nitrogen and oxygen atoms in total. The minimum atomic E-state index is -0.715. The number of aliphatic hydroxyl groups is 1. The van der Waals surface area contributed by atoms with E-state index < -0.39 is 11.0 Å². The predicted molar refractivity (Wildman–Crippen MR) is 101 cm³/mol. The zero-order valence-corrected chi connectivity index (χ0v) is 15.4. The zero-order valence-electron chi connectivity index (χ0n) is 14.7. The first-order valence-electron chi connectivity index (χ1n) is 8.66. The van der Waals surface area contributed by atoms with Crippen LogP contribution in [-0.2, 0) is 4.74 Å². The van der Waals surface area contributed by atoms with E-state index in [0.717, 1.165) is 12.1 Å². The Kier molecular flexibility index (Phi) is 6.63. The molecule has 0 radical (unpaired) electrons. The van der Waals surface area contributed by atoms with Crippen molar-refractivity contribution in [1.29, 1.82) is 0 Å². The summed E-state index contributed by atoms with van der Waals surface area (Å²) in [6, 6.07) is 13.5. The Balaban J connectivity index is 1.50. The van der Waals surface area contributed by atoms with Crippen LogP contribution >= 0.6 is 11.6 Å². The molecule has 1 fully saturated rings. The molecule has 1 heterocycles. The van der Waals surface area contributed by atoms with Gasteiger partial charge in [0.15, 0.2) is 0 Å². The Morgan fingerprint density at radius 2 is 2.11 bits per heavy atom. The standard InChI is InChI=1S/C19H21ClN2O5/c20-15-6-4-14(5-7-15)19-12-21(8-9-26-19)11-17(23)13-27-18-3-1-2-16(10-18)22(24)25/h1-7,10,17,19,23H,8-9,11-13H2/t17-,19-/m1/s1. The van der Waals surface area contributed by atoms with E-state index in [2.05, 4.69) is 4.90 Å². The summed E-state index contributed by atoms with van der Waals surface area (Å²) >= 11 is 5.92. The van der Waals surface area contributed by atoms with E-state index >= 15 is 0 Å². The van der Waals surface area contributed by atoms with Crippen molar-refractivity contribution in [3.63, 3.8) is 0 Å². The predicted octanol–water partition coefficient (Wildman–Crippen LogP) is 3.06.